The molecule has 2 aromatic rings. The third kappa shape index (κ3) is 4.19. The van der Waals surface area contributed by atoms with Crippen molar-refractivity contribution in [2.45, 2.75) is 18.9 Å². The summed E-state index contributed by atoms with van der Waals surface area (Å²) in [7, 11) is 3.58. The molecule has 0 aromatic heterocycles. The van der Waals surface area contributed by atoms with Crippen molar-refractivity contribution >= 4 is 11.7 Å². The number of piperidine rings is 1. The first-order valence-corrected chi connectivity index (χ1v) is 10.5. The number of hydrogen-bond acceptors (Lipinski definition) is 5. The first-order chi connectivity index (χ1) is 14.5. The summed E-state index contributed by atoms with van der Waals surface area (Å²) in [6.07, 6.45) is 1.47. The number of Topliss-reactive ketones (excluding diaryl/α,β-unsaturated/α-hetero) is 1. The molecule has 30 heavy (non-hydrogen) atoms. The van der Waals surface area contributed by atoms with Gasteiger partial charge in [0.25, 0.3) is 0 Å². The van der Waals surface area contributed by atoms with E-state index in [1.54, 1.807) is 25.1 Å². The highest BCUT2D eigenvalue weighted by Crippen LogP contribution is 2.34. The summed E-state index contributed by atoms with van der Waals surface area (Å²) >= 11 is 0. The molecule has 1 saturated heterocycles. The lowest BCUT2D eigenvalue weighted by molar-refractivity contribution is -0.135. The van der Waals surface area contributed by atoms with E-state index in [9.17, 15) is 9.59 Å². The molecule has 4 rings (SSSR count). The van der Waals surface area contributed by atoms with Crippen molar-refractivity contribution in [1.82, 2.24) is 9.80 Å². The summed E-state index contributed by atoms with van der Waals surface area (Å²) < 4.78 is 11.2. The number of fused-ring (bicyclic) bond motifs is 1. The first kappa shape index (κ1) is 20.4. The Hall–Kier alpha value is -2.86. The molecule has 0 bridgehead atoms. The molecule has 0 unspecified atom stereocenters. The van der Waals surface area contributed by atoms with Crippen LogP contribution in [0, 0.1) is 5.92 Å². The number of carbonyl (C=O) groups excluding carboxylic acids is 2. The van der Waals surface area contributed by atoms with Gasteiger partial charge in [-0.3, -0.25) is 14.5 Å². The van der Waals surface area contributed by atoms with Crippen LogP contribution in [-0.4, -0.2) is 61.9 Å². The van der Waals surface area contributed by atoms with Crippen LogP contribution in [0.1, 0.15) is 34.8 Å². The summed E-state index contributed by atoms with van der Waals surface area (Å²) in [6, 6.07) is 15.0. The van der Waals surface area contributed by atoms with Crippen LogP contribution >= 0.6 is 0 Å². The SMILES string of the molecule is CN(C)C(=O)[C@@H](c1ccccc1)N1CCC(C(=O)c2ccc3c(c2)OCCO3)CC1. The summed E-state index contributed by atoms with van der Waals surface area (Å²) in [5.41, 5.74) is 1.66. The van der Waals surface area contributed by atoms with Crippen LogP contribution in [-0.2, 0) is 4.79 Å². The average molecular weight is 408 g/mol. The molecule has 2 heterocycles. The standard InChI is InChI=1S/C24H28N2O4/c1-25(2)24(28)22(17-6-4-3-5-7-17)26-12-10-18(11-13-26)23(27)19-8-9-20-21(16-19)30-15-14-29-20/h3-9,16,18,22H,10-15H2,1-2H3/t22-/m1/s1. The molecular formula is C24H28N2O4. The Balaban J connectivity index is 1.45. The van der Waals surface area contributed by atoms with E-state index in [1.165, 1.54) is 0 Å². The molecule has 0 aliphatic carbocycles. The molecule has 0 saturated carbocycles. The van der Waals surface area contributed by atoms with E-state index in [0.717, 1.165) is 18.4 Å². The Labute approximate surface area is 177 Å². The van der Waals surface area contributed by atoms with Crippen LogP contribution in [0.15, 0.2) is 48.5 Å². The van der Waals surface area contributed by atoms with Crippen molar-refractivity contribution < 1.29 is 19.1 Å². The number of likely N-dealkylation sites (tertiary alicyclic amines) is 1. The van der Waals surface area contributed by atoms with Crippen LogP contribution in [0.2, 0.25) is 0 Å². The zero-order valence-electron chi connectivity index (χ0n) is 17.5. The Morgan fingerprint density at radius 1 is 0.967 bits per heavy atom. The minimum Gasteiger partial charge on any atom is -0.486 e. The lowest BCUT2D eigenvalue weighted by Crippen LogP contribution is -2.44. The van der Waals surface area contributed by atoms with E-state index < -0.39 is 0 Å². The smallest absolute Gasteiger partial charge is 0.244 e. The fourth-order valence-electron chi connectivity index (χ4n) is 4.24. The average Bonchev–Trinajstić information content (AvgIpc) is 2.79. The molecule has 1 fully saturated rings. The molecule has 0 spiro atoms. The number of ether oxygens (including phenoxy) is 2. The maximum atomic E-state index is 13.1. The van der Waals surface area contributed by atoms with Crippen LogP contribution in [0.4, 0.5) is 0 Å². The third-order valence-electron chi connectivity index (χ3n) is 5.88. The largest absolute Gasteiger partial charge is 0.486 e. The van der Waals surface area contributed by atoms with Gasteiger partial charge in [0.2, 0.25) is 5.91 Å². The molecular weight excluding hydrogens is 380 g/mol. The van der Waals surface area contributed by atoms with Gasteiger partial charge in [0, 0.05) is 25.6 Å². The Morgan fingerprint density at radius 3 is 2.30 bits per heavy atom. The van der Waals surface area contributed by atoms with Gasteiger partial charge in [-0.05, 0) is 49.7 Å². The van der Waals surface area contributed by atoms with Gasteiger partial charge in [0.1, 0.15) is 19.3 Å². The highest BCUT2D eigenvalue weighted by molar-refractivity contribution is 5.98. The highest BCUT2D eigenvalue weighted by atomic mass is 16.6. The number of rotatable bonds is 5. The maximum Gasteiger partial charge on any atom is 0.244 e. The lowest BCUT2D eigenvalue weighted by atomic mass is 9.87. The Morgan fingerprint density at radius 2 is 1.63 bits per heavy atom. The van der Waals surface area contributed by atoms with E-state index in [-0.39, 0.29) is 23.7 Å². The molecule has 6 nitrogen and oxygen atoms in total. The van der Waals surface area contributed by atoms with Gasteiger partial charge in [-0.15, -0.1) is 0 Å². The number of likely N-dealkylation sites (N-methyl/N-ethyl adjacent to an activating group) is 1. The van der Waals surface area contributed by atoms with Gasteiger partial charge in [0.05, 0.1) is 0 Å². The second-order valence-electron chi connectivity index (χ2n) is 8.08. The lowest BCUT2D eigenvalue weighted by Gasteiger charge is -2.37. The first-order valence-electron chi connectivity index (χ1n) is 10.5. The molecule has 1 amide bonds. The Bertz CT molecular complexity index is 905. The van der Waals surface area contributed by atoms with Gasteiger partial charge in [-0.25, -0.2) is 0 Å². The second kappa shape index (κ2) is 8.88. The molecule has 158 valence electrons. The van der Waals surface area contributed by atoms with Crippen LogP contribution in [0.25, 0.3) is 0 Å². The van der Waals surface area contributed by atoms with Crippen LogP contribution in [0.3, 0.4) is 0 Å². The van der Waals surface area contributed by atoms with E-state index >= 15 is 0 Å². The van der Waals surface area contributed by atoms with E-state index in [0.29, 0.717) is 43.4 Å². The second-order valence-corrected chi connectivity index (χ2v) is 8.08. The minimum atomic E-state index is -0.313. The number of amides is 1. The fourth-order valence-corrected chi connectivity index (χ4v) is 4.24. The Kier molecular flexibility index (Phi) is 6.04. The van der Waals surface area contributed by atoms with Crippen molar-refractivity contribution in [1.29, 1.82) is 0 Å². The number of hydrogen-bond donors (Lipinski definition) is 0. The van der Waals surface area contributed by atoms with Gasteiger partial charge in [0.15, 0.2) is 17.3 Å². The number of ketones is 1. The fraction of sp³-hybridized carbons (Fsp3) is 0.417. The van der Waals surface area contributed by atoms with Crippen molar-refractivity contribution in [3.05, 3.63) is 59.7 Å². The number of benzene rings is 2. The van der Waals surface area contributed by atoms with Crippen molar-refractivity contribution in [2.75, 3.05) is 40.4 Å². The third-order valence-corrected chi connectivity index (χ3v) is 5.88. The predicted molar refractivity (Wildman–Crippen MR) is 114 cm³/mol. The van der Waals surface area contributed by atoms with Crippen molar-refractivity contribution in [3.63, 3.8) is 0 Å². The molecule has 2 aliphatic heterocycles. The van der Waals surface area contributed by atoms with Crippen LogP contribution < -0.4 is 9.47 Å². The van der Waals surface area contributed by atoms with Gasteiger partial charge in [-0.1, -0.05) is 30.3 Å². The summed E-state index contributed by atoms with van der Waals surface area (Å²) in [5.74, 6) is 1.50. The van der Waals surface area contributed by atoms with Gasteiger partial charge < -0.3 is 14.4 Å². The predicted octanol–water partition coefficient (Wildman–Crippen LogP) is 3.18. The highest BCUT2D eigenvalue weighted by Gasteiger charge is 2.34. The molecule has 1 atom stereocenters. The van der Waals surface area contributed by atoms with Crippen molar-refractivity contribution in [2.24, 2.45) is 5.92 Å². The summed E-state index contributed by atoms with van der Waals surface area (Å²) in [5, 5.41) is 0. The number of nitrogens with zero attached hydrogens (tertiary/aromatic N) is 2. The minimum absolute atomic E-state index is 0.0466. The molecule has 0 radical (unpaired) electrons. The van der Waals surface area contributed by atoms with E-state index in [1.807, 2.05) is 42.5 Å². The van der Waals surface area contributed by atoms with Crippen molar-refractivity contribution in [3.8, 4) is 11.5 Å². The quantitative estimate of drug-likeness (QED) is 0.712. The zero-order valence-corrected chi connectivity index (χ0v) is 17.5. The van der Waals surface area contributed by atoms with Crippen LogP contribution in [0.5, 0.6) is 11.5 Å². The molecule has 2 aliphatic rings. The zero-order chi connectivity index (χ0) is 21.1. The van der Waals surface area contributed by atoms with E-state index in [4.69, 9.17) is 9.47 Å². The number of carbonyl (C=O) groups is 2. The van der Waals surface area contributed by atoms with Gasteiger partial charge in [-0.2, -0.15) is 0 Å². The molecule has 6 heteroatoms. The summed E-state index contributed by atoms with van der Waals surface area (Å²) in [6.45, 7) is 2.46. The monoisotopic (exact) mass is 408 g/mol. The van der Waals surface area contributed by atoms with E-state index in [2.05, 4.69) is 4.90 Å². The summed E-state index contributed by atoms with van der Waals surface area (Å²) in [4.78, 5) is 29.8. The normalized spacial score (nSPS) is 17.9. The maximum absolute atomic E-state index is 13.1. The topological polar surface area (TPSA) is 59.1 Å². The molecule has 2 aromatic carbocycles. The van der Waals surface area contributed by atoms with Gasteiger partial charge >= 0.3 is 0 Å². The molecule has 0 N–H and O–H groups in total.